The van der Waals surface area contributed by atoms with E-state index in [0.717, 1.165) is 39.0 Å². The molecule has 0 fully saturated rings. The number of isothiocyanates is 3. The van der Waals surface area contributed by atoms with E-state index in [2.05, 4.69) is 98.8 Å². The van der Waals surface area contributed by atoms with Gasteiger partial charge in [0.15, 0.2) is 0 Å². The fourth-order valence-corrected chi connectivity index (χ4v) is 2.80. The molecule has 1 heterocycles. The largest absolute Gasteiger partial charge is 3.00 e. The zero-order chi connectivity index (χ0) is 23.3. The van der Waals surface area contributed by atoms with Gasteiger partial charge in [0, 0.05) is 48.4 Å². The maximum absolute atomic E-state index is 7.13. The Labute approximate surface area is 208 Å². The van der Waals surface area contributed by atoms with Crippen LogP contribution < -0.4 is 10.6 Å². The van der Waals surface area contributed by atoms with Crippen LogP contribution in [0.2, 0.25) is 0 Å². The van der Waals surface area contributed by atoms with E-state index in [0.29, 0.717) is 0 Å². The Kier molecular flexibility index (Phi) is 27.8. The Bertz CT molecular complexity index is 549. The van der Waals surface area contributed by atoms with Crippen molar-refractivity contribution in [3.63, 3.8) is 0 Å². The zero-order valence-corrected chi connectivity index (χ0v) is 22.0. The van der Waals surface area contributed by atoms with Crippen LogP contribution in [-0.4, -0.2) is 64.2 Å². The SMILES string of the molecule is CC1=NCCNC(C)(C)CC(C)=NCCNC(C)(C)C1.[Co+3].[N-]=C=S.[N-]=C=S.[N-]=C=S. The molecule has 0 saturated heterocycles. The van der Waals surface area contributed by atoms with Gasteiger partial charge in [-0.05, 0) is 41.5 Å². The summed E-state index contributed by atoms with van der Waals surface area (Å²) in [6.07, 6.45) is 1.97. The molecular formula is C19H32CoN7S3. The third-order valence-corrected chi connectivity index (χ3v) is 3.59. The smallest absolute Gasteiger partial charge is 0.753 e. The van der Waals surface area contributed by atoms with Gasteiger partial charge in [0.25, 0.3) is 0 Å². The summed E-state index contributed by atoms with van der Waals surface area (Å²) in [7, 11) is 0. The summed E-state index contributed by atoms with van der Waals surface area (Å²) in [5.74, 6) is 0. The first-order valence-corrected chi connectivity index (χ1v) is 10.2. The number of rotatable bonds is 0. The molecule has 0 radical (unpaired) electrons. The van der Waals surface area contributed by atoms with E-state index >= 15 is 0 Å². The van der Waals surface area contributed by atoms with E-state index in [-0.39, 0.29) is 27.9 Å². The molecule has 0 saturated carbocycles. The van der Waals surface area contributed by atoms with Crippen LogP contribution in [0.3, 0.4) is 0 Å². The fraction of sp³-hybridized carbons (Fsp3) is 0.737. The molecule has 0 aromatic carbocycles. The first-order valence-electron chi connectivity index (χ1n) is 8.98. The van der Waals surface area contributed by atoms with Crippen LogP contribution in [0.15, 0.2) is 9.98 Å². The third-order valence-electron chi connectivity index (χ3n) is 3.59. The van der Waals surface area contributed by atoms with Gasteiger partial charge in [0.1, 0.15) is 0 Å². The second-order valence-electron chi connectivity index (χ2n) is 7.48. The van der Waals surface area contributed by atoms with Crippen LogP contribution in [0.1, 0.15) is 54.4 Å². The first kappa shape index (κ1) is 36.5. The van der Waals surface area contributed by atoms with E-state index in [1.165, 1.54) is 26.9 Å². The van der Waals surface area contributed by atoms with E-state index in [4.69, 9.17) is 16.2 Å². The first-order chi connectivity index (χ1) is 13.4. The van der Waals surface area contributed by atoms with Gasteiger partial charge in [0.05, 0.1) is 13.1 Å². The Morgan fingerprint density at radius 2 is 0.967 bits per heavy atom. The molecule has 11 heteroatoms. The normalized spacial score (nSPS) is 17.7. The molecule has 1 aliphatic heterocycles. The van der Waals surface area contributed by atoms with Crippen molar-refractivity contribution in [2.45, 2.75) is 65.5 Å². The summed E-state index contributed by atoms with van der Waals surface area (Å²) in [6.45, 7) is 16.7. The molecule has 0 aliphatic carbocycles. The van der Waals surface area contributed by atoms with E-state index in [1.807, 2.05) is 0 Å². The standard InChI is InChI=1S/C16H32N4.3CNS.Co/c1-13-11-15(3,4)19-10-8-18-14(2)12-16(5,6)20-9-7-17-13;3*2-1-3;/h19-20H,7-12H2,1-6H3;;;;/q;3*-1;+3. The average Bonchev–Trinajstić information content (AvgIpc) is 2.56. The molecule has 2 N–H and O–H groups in total. The second-order valence-corrected chi connectivity index (χ2v) is 8.03. The fourth-order valence-electron chi connectivity index (χ4n) is 2.80. The minimum absolute atomic E-state index is 0. The summed E-state index contributed by atoms with van der Waals surface area (Å²) in [4.78, 5) is 9.35. The molecule has 1 aliphatic rings. The predicted octanol–water partition coefficient (Wildman–Crippen LogP) is 4.41. The quantitative estimate of drug-likeness (QED) is 0.368. The molecular weight excluding hydrogens is 481 g/mol. The van der Waals surface area contributed by atoms with Crippen molar-refractivity contribution in [3.05, 3.63) is 16.2 Å². The molecule has 30 heavy (non-hydrogen) atoms. The predicted molar refractivity (Wildman–Crippen MR) is 137 cm³/mol. The Balaban J connectivity index is -0.000000289. The Morgan fingerprint density at radius 1 is 0.733 bits per heavy atom. The van der Waals surface area contributed by atoms with Crippen molar-refractivity contribution in [1.82, 2.24) is 10.6 Å². The van der Waals surface area contributed by atoms with Crippen molar-refractivity contribution >= 4 is 63.6 Å². The van der Waals surface area contributed by atoms with Gasteiger partial charge < -0.3 is 26.9 Å². The van der Waals surface area contributed by atoms with Crippen molar-refractivity contribution in [3.8, 4) is 0 Å². The number of aliphatic imine (C=N–C) groups is 2. The van der Waals surface area contributed by atoms with Crippen molar-refractivity contribution < 1.29 is 16.8 Å². The van der Waals surface area contributed by atoms with Gasteiger partial charge in [-0.1, -0.05) is 36.7 Å². The number of nitrogens with one attached hydrogen (secondary N) is 2. The van der Waals surface area contributed by atoms with Crippen LogP contribution in [0.25, 0.3) is 16.2 Å². The van der Waals surface area contributed by atoms with Crippen molar-refractivity contribution in [2.24, 2.45) is 9.98 Å². The van der Waals surface area contributed by atoms with Crippen LogP contribution in [0.5, 0.6) is 0 Å². The summed E-state index contributed by atoms with van der Waals surface area (Å²) in [6, 6.07) is 0. The maximum atomic E-state index is 7.13. The maximum Gasteiger partial charge on any atom is 3.00 e. The molecule has 7 nitrogen and oxygen atoms in total. The number of nitrogens with zero attached hydrogens (tertiary/aromatic N) is 5. The van der Waals surface area contributed by atoms with E-state index in [9.17, 15) is 0 Å². The van der Waals surface area contributed by atoms with Crippen LogP contribution in [0.4, 0.5) is 0 Å². The van der Waals surface area contributed by atoms with E-state index < -0.39 is 0 Å². The van der Waals surface area contributed by atoms with E-state index in [1.54, 1.807) is 0 Å². The molecule has 1 rings (SSSR count). The summed E-state index contributed by atoms with van der Waals surface area (Å²) < 4.78 is 0. The zero-order valence-electron chi connectivity index (χ0n) is 18.5. The third kappa shape index (κ3) is 29.4. The number of hydrogen-bond donors (Lipinski definition) is 2. The number of thiocarbonyl (C=S) groups is 3. The summed E-state index contributed by atoms with van der Waals surface area (Å²) >= 11 is 11.1. The van der Waals surface area contributed by atoms with Crippen LogP contribution in [0, 0.1) is 0 Å². The molecule has 0 aromatic rings. The number of hydrogen-bond acceptors (Lipinski definition) is 7. The molecule has 170 valence electrons. The van der Waals surface area contributed by atoms with Crippen LogP contribution in [-0.2, 0) is 16.8 Å². The minimum atomic E-state index is 0. The topological polar surface area (TPSA) is 116 Å². The Hall–Kier alpha value is -0.834. The minimum Gasteiger partial charge on any atom is -0.753 e. The van der Waals surface area contributed by atoms with Gasteiger partial charge >= 0.3 is 16.8 Å². The van der Waals surface area contributed by atoms with Gasteiger partial charge in [-0.2, -0.15) is 15.5 Å². The molecule has 0 unspecified atom stereocenters. The molecule has 0 aromatic heterocycles. The molecule has 0 spiro atoms. The van der Waals surface area contributed by atoms with Crippen molar-refractivity contribution in [2.75, 3.05) is 26.2 Å². The molecule has 0 atom stereocenters. The van der Waals surface area contributed by atoms with Crippen LogP contribution >= 0.6 is 36.7 Å². The van der Waals surface area contributed by atoms with Gasteiger partial charge in [-0.3, -0.25) is 9.98 Å². The van der Waals surface area contributed by atoms with Crippen molar-refractivity contribution in [1.29, 1.82) is 0 Å². The molecule has 0 amide bonds. The second kappa shape index (κ2) is 22.8. The van der Waals surface area contributed by atoms with Gasteiger partial charge in [-0.25, -0.2) is 0 Å². The van der Waals surface area contributed by atoms with Gasteiger partial charge in [0.2, 0.25) is 0 Å². The molecule has 0 bridgehead atoms. The summed E-state index contributed by atoms with van der Waals surface area (Å²) in [5.41, 5.74) is 2.62. The average molecular weight is 514 g/mol. The monoisotopic (exact) mass is 513 g/mol. The summed E-state index contributed by atoms with van der Waals surface area (Å²) in [5, 5.41) is 32.6. The van der Waals surface area contributed by atoms with Gasteiger partial charge in [-0.15, -0.1) is 0 Å². The Morgan fingerprint density at radius 3 is 1.20 bits per heavy atom.